The Balaban J connectivity index is 1.84. The molecule has 0 saturated carbocycles. The van der Waals surface area contributed by atoms with Crippen molar-refractivity contribution < 1.29 is 9.47 Å². The molecule has 1 aromatic rings. The molecule has 1 heterocycles. The molecule has 112 valence electrons. The Labute approximate surface area is 122 Å². The van der Waals surface area contributed by atoms with E-state index < -0.39 is 0 Å². The molecule has 2 rings (SSSR count). The first kappa shape index (κ1) is 15.5. The summed E-state index contributed by atoms with van der Waals surface area (Å²) in [4.78, 5) is 0. The van der Waals surface area contributed by atoms with Crippen LogP contribution in [0.1, 0.15) is 50.7 Å². The summed E-state index contributed by atoms with van der Waals surface area (Å²) in [6.45, 7) is 7.76. The highest BCUT2D eigenvalue weighted by atomic mass is 16.5. The number of hydrogen-bond donors (Lipinski definition) is 1. The molecule has 0 amide bonds. The second-order valence-electron chi connectivity index (χ2n) is 6.04. The predicted molar refractivity (Wildman–Crippen MR) is 81.7 cm³/mol. The average molecular weight is 277 g/mol. The molecule has 20 heavy (non-hydrogen) atoms. The molecule has 1 aliphatic rings. The van der Waals surface area contributed by atoms with Gasteiger partial charge in [0, 0.05) is 0 Å². The van der Waals surface area contributed by atoms with Crippen molar-refractivity contribution in [1.82, 2.24) is 0 Å². The van der Waals surface area contributed by atoms with Gasteiger partial charge in [-0.3, -0.25) is 0 Å². The Morgan fingerprint density at radius 3 is 2.35 bits per heavy atom. The lowest BCUT2D eigenvalue weighted by atomic mass is 10.00. The molecule has 2 N–H and O–H groups in total. The summed E-state index contributed by atoms with van der Waals surface area (Å²) in [5.41, 5.74) is 8.21. The van der Waals surface area contributed by atoms with Gasteiger partial charge >= 0.3 is 0 Å². The maximum atomic E-state index is 6.03. The van der Waals surface area contributed by atoms with Crippen LogP contribution in [-0.4, -0.2) is 24.9 Å². The van der Waals surface area contributed by atoms with Crippen LogP contribution in [0.15, 0.2) is 24.3 Å². The van der Waals surface area contributed by atoms with Crippen LogP contribution in [0.4, 0.5) is 0 Å². The molecule has 1 aliphatic heterocycles. The Morgan fingerprint density at radius 2 is 1.80 bits per heavy atom. The zero-order valence-electron chi connectivity index (χ0n) is 12.8. The van der Waals surface area contributed by atoms with Crippen molar-refractivity contribution >= 4 is 0 Å². The molecule has 0 spiro atoms. The van der Waals surface area contributed by atoms with Crippen LogP contribution in [0.3, 0.4) is 0 Å². The Hall–Kier alpha value is -0.900. The minimum atomic E-state index is 0.302. The zero-order chi connectivity index (χ0) is 14.5. The Morgan fingerprint density at radius 1 is 1.20 bits per heavy atom. The third-order valence-electron chi connectivity index (χ3n) is 4.04. The van der Waals surface area contributed by atoms with Gasteiger partial charge in [-0.15, -0.1) is 0 Å². The van der Waals surface area contributed by atoms with Crippen molar-refractivity contribution in [3.05, 3.63) is 35.4 Å². The minimum absolute atomic E-state index is 0.302. The van der Waals surface area contributed by atoms with Gasteiger partial charge < -0.3 is 15.2 Å². The van der Waals surface area contributed by atoms with E-state index >= 15 is 0 Å². The first-order valence-corrected chi connectivity index (χ1v) is 7.64. The first-order valence-electron chi connectivity index (χ1n) is 7.64. The second kappa shape index (κ2) is 7.21. The standard InChI is InChI=1S/C17H27NO2/c1-12(10-18)16-6-4-15(5-7-16)11-19-17-8-13(2)20-14(3)9-17/h4-7,12-14,17H,8-11,18H2,1-3H3. The molecule has 0 aromatic heterocycles. The quantitative estimate of drug-likeness (QED) is 0.898. The molecule has 3 nitrogen and oxygen atoms in total. The van der Waals surface area contributed by atoms with E-state index in [0.717, 1.165) is 12.8 Å². The summed E-state index contributed by atoms with van der Waals surface area (Å²) in [6, 6.07) is 8.61. The van der Waals surface area contributed by atoms with E-state index in [9.17, 15) is 0 Å². The summed E-state index contributed by atoms with van der Waals surface area (Å²) in [6.07, 6.45) is 2.91. The maximum Gasteiger partial charge on any atom is 0.0720 e. The number of ether oxygens (including phenoxy) is 2. The number of nitrogens with two attached hydrogens (primary N) is 1. The van der Waals surface area contributed by atoms with Crippen LogP contribution in [0.5, 0.6) is 0 Å². The van der Waals surface area contributed by atoms with E-state index in [2.05, 4.69) is 45.0 Å². The molecule has 0 radical (unpaired) electrons. The van der Waals surface area contributed by atoms with Crippen LogP contribution in [-0.2, 0) is 16.1 Å². The molecular formula is C17H27NO2. The molecule has 3 unspecified atom stereocenters. The monoisotopic (exact) mass is 277 g/mol. The average Bonchev–Trinajstić information content (AvgIpc) is 2.44. The van der Waals surface area contributed by atoms with Gasteiger partial charge in [-0.1, -0.05) is 31.2 Å². The highest BCUT2D eigenvalue weighted by Gasteiger charge is 2.24. The van der Waals surface area contributed by atoms with E-state index in [0.29, 0.717) is 37.4 Å². The summed E-state index contributed by atoms with van der Waals surface area (Å²) in [5.74, 6) is 0.419. The molecule has 3 heteroatoms. The van der Waals surface area contributed by atoms with Gasteiger partial charge in [0.05, 0.1) is 24.9 Å². The summed E-state index contributed by atoms with van der Waals surface area (Å²) in [7, 11) is 0. The molecule has 1 saturated heterocycles. The van der Waals surface area contributed by atoms with Crippen molar-refractivity contribution in [2.75, 3.05) is 6.54 Å². The lowest BCUT2D eigenvalue weighted by Gasteiger charge is -2.32. The van der Waals surface area contributed by atoms with E-state index in [1.54, 1.807) is 0 Å². The van der Waals surface area contributed by atoms with Crippen LogP contribution >= 0.6 is 0 Å². The largest absolute Gasteiger partial charge is 0.375 e. The molecule has 1 aromatic carbocycles. The lowest BCUT2D eigenvalue weighted by Crippen LogP contribution is -2.33. The van der Waals surface area contributed by atoms with Crippen molar-refractivity contribution in [3.63, 3.8) is 0 Å². The van der Waals surface area contributed by atoms with Gasteiger partial charge in [0.25, 0.3) is 0 Å². The Bertz CT molecular complexity index is 394. The van der Waals surface area contributed by atoms with Crippen LogP contribution in [0.25, 0.3) is 0 Å². The maximum absolute atomic E-state index is 6.03. The fraction of sp³-hybridized carbons (Fsp3) is 0.647. The van der Waals surface area contributed by atoms with Gasteiger partial charge in [-0.05, 0) is 50.3 Å². The van der Waals surface area contributed by atoms with Crippen molar-refractivity contribution in [2.24, 2.45) is 5.73 Å². The highest BCUT2D eigenvalue weighted by Crippen LogP contribution is 2.23. The van der Waals surface area contributed by atoms with Crippen molar-refractivity contribution in [3.8, 4) is 0 Å². The van der Waals surface area contributed by atoms with E-state index in [1.807, 2.05) is 0 Å². The molecule has 0 bridgehead atoms. The fourth-order valence-electron chi connectivity index (χ4n) is 2.77. The van der Waals surface area contributed by atoms with Crippen molar-refractivity contribution in [2.45, 2.75) is 64.4 Å². The molecule has 0 aliphatic carbocycles. The second-order valence-corrected chi connectivity index (χ2v) is 6.04. The minimum Gasteiger partial charge on any atom is -0.375 e. The van der Waals surface area contributed by atoms with Crippen LogP contribution < -0.4 is 5.73 Å². The fourth-order valence-corrected chi connectivity index (χ4v) is 2.77. The van der Waals surface area contributed by atoms with Gasteiger partial charge in [0.2, 0.25) is 0 Å². The normalized spacial score (nSPS) is 28.3. The SMILES string of the molecule is CC1CC(OCc2ccc(C(C)CN)cc2)CC(C)O1. The first-order chi connectivity index (χ1) is 9.58. The Kier molecular flexibility index (Phi) is 5.58. The zero-order valence-corrected chi connectivity index (χ0v) is 12.8. The number of benzene rings is 1. The number of hydrogen-bond acceptors (Lipinski definition) is 3. The molecular weight excluding hydrogens is 250 g/mol. The van der Waals surface area contributed by atoms with E-state index in [-0.39, 0.29) is 0 Å². The molecule has 3 atom stereocenters. The van der Waals surface area contributed by atoms with Crippen LogP contribution in [0.2, 0.25) is 0 Å². The van der Waals surface area contributed by atoms with E-state index in [1.165, 1.54) is 11.1 Å². The topological polar surface area (TPSA) is 44.5 Å². The lowest BCUT2D eigenvalue weighted by molar-refractivity contribution is -0.106. The molecule has 1 fully saturated rings. The van der Waals surface area contributed by atoms with E-state index in [4.69, 9.17) is 15.2 Å². The van der Waals surface area contributed by atoms with Gasteiger partial charge in [-0.2, -0.15) is 0 Å². The van der Waals surface area contributed by atoms with Gasteiger partial charge in [0.15, 0.2) is 0 Å². The van der Waals surface area contributed by atoms with Crippen molar-refractivity contribution in [1.29, 1.82) is 0 Å². The smallest absolute Gasteiger partial charge is 0.0720 e. The third-order valence-corrected chi connectivity index (χ3v) is 4.04. The highest BCUT2D eigenvalue weighted by molar-refractivity contribution is 5.24. The summed E-state index contributed by atoms with van der Waals surface area (Å²) >= 11 is 0. The third kappa shape index (κ3) is 4.30. The summed E-state index contributed by atoms with van der Waals surface area (Å²) < 4.78 is 11.8. The number of rotatable bonds is 5. The summed E-state index contributed by atoms with van der Waals surface area (Å²) in [5, 5.41) is 0. The predicted octanol–water partition coefficient (Wildman–Crippen LogP) is 3.22. The van der Waals surface area contributed by atoms with Gasteiger partial charge in [-0.25, -0.2) is 0 Å². The van der Waals surface area contributed by atoms with Gasteiger partial charge in [0.1, 0.15) is 0 Å². The van der Waals surface area contributed by atoms with Crippen LogP contribution in [0, 0.1) is 0 Å².